The number of carbonyl (C=O) groups excluding carboxylic acids is 3. The van der Waals surface area contributed by atoms with Crippen LogP contribution in [0.3, 0.4) is 0 Å². The summed E-state index contributed by atoms with van der Waals surface area (Å²) < 4.78 is 12.9. The van der Waals surface area contributed by atoms with Gasteiger partial charge >= 0.3 is 17.9 Å². The lowest BCUT2D eigenvalue weighted by atomic mass is 9.96. The van der Waals surface area contributed by atoms with Crippen LogP contribution in [0.25, 0.3) is 0 Å². The average Bonchev–Trinajstić information content (AvgIpc) is 2.27. The van der Waals surface area contributed by atoms with Gasteiger partial charge in [-0.25, -0.2) is 4.79 Å². The number of ether oxygens (including phenoxy) is 3. The lowest BCUT2D eigenvalue weighted by Crippen LogP contribution is -2.44. The highest BCUT2D eigenvalue weighted by Gasteiger charge is 2.42. The third kappa shape index (κ3) is 3.85. The molecule has 0 aliphatic heterocycles. The quantitative estimate of drug-likeness (QED) is 0.482. The van der Waals surface area contributed by atoms with Crippen molar-refractivity contribution < 1.29 is 33.7 Å². The first kappa shape index (κ1) is 14.4. The molecular formula is C9H14O7. The van der Waals surface area contributed by atoms with E-state index in [1.807, 2.05) is 0 Å². The van der Waals surface area contributed by atoms with Crippen LogP contribution in [0.15, 0.2) is 0 Å². The largest absolute Gasteiger partial charge is 0.469 e. The van der Waals surface area contributed by atoms with Gasteiger partial charge < -0.3 is 19.3 Å². The fourth-order valence-corrected chi connectivity index (χ4v) is 1.02. The number of carbonyl (C=O) groups is 3. The first-order chi connectivity index (χ1) is 7.39. The lowest BCUT2D eigenvalue weighted by Gasteiger charge is -2.22. The van der Waals surface area contributed by atoms with Crippen LogP contribution in [0.2, 0.25) is 0 Å². The van der Waals surface area contributed by atoms with Crippen LogP contribution in [0.1, 0.15) is 12.8 Å². The Morgan fingerprint density at radius 3 is 1.56 bits per heavy atom. The molecule has 0 aromatic rings. The van der Waals surface area contributed by atoms with Crippen molar-refractivity contribution in [1.29, 1.82) is 0 Å². The number of rotatable bonds is 5. The van der Waals surface area contributed by atoms with Gasteiger partial charge in [-0.1, -0.05) is 0 Å². The highest BCUT2D eigenvalue weighted by Crippen LogP contribution is 2.18. The molecule has 16 heavy (non-hydrogen) atoms. The minimum absolute atomic E-state index is 0.675. The Morgan fingerprint density at radius 1 is 0.938 bits per heavy atom. The molecule has 7 nitrogen and oxygen atoms in total. The second-order valence-corrected chi connectivity index (χ2v) is 3.03. The normalized spacial score (nSPS) is 10.5. The van der Waals surface area contributed by atoms with Gasteiger partial charge in [0.1, 0.15) is 0 Å². The van der Waals surface area contributed by atoms with Crippen molar-refractivity contribution in [3.8, 4) is 0 Å². The van der Waals surface area contributed by atoms with Gasteiger partial charge in [-0.15, -0.1) is 0 Å². The minimum atomic E-state index is -2.26. The molecule has 0 aliphatic carbocycles. The van der Waals surface area contributed by atoms with Gasteiger partial charge in [0.05, 0.1) is 34.2 Å². The molecule has 0 spiro atoms. The monoisotopic (exact) mass is 234 g/mol. The zero-order valence-electron chi connectivity index (χ0n) is 9.31. The van der Waals surface area contributed by atoms with Gasteiger partial charge in [0.25, 0.3) is 0 Å². The predicted octanol–water partition coefficient (Wildman–Crippen LogP) is -0.983. The van der Waals surface area contributed by atoms with E-state index in [0.29, 0.717) is 0 Å². The number of esters is 3. The third-order valence-electron chi connectivity index (χ3n) is 1.89. The first-order valence-electron chi connectivity index (χ1n) is 4.34. The van der Waals surface area contributed by atoms with E-state index in [9.17, 15) is 19.5 Å². The Bertz CT molecular complexity index is 266. The molecule has 0 saturated carbocycles. The molecule has 92 valence electrons. The summed E-state index contributed by atoms with van der Waals surface area (Å²) >= 11 is 0. The fourth-order valence-electron chi connectivity index (χ4n) is 1.02. The Labute approximate surface area is 92.3 Å². The van der Waals surface area contributed by atoms with Gasteiger partial charge in [0.2, 0.25) is 0 Å². The van der Waals surface area contributed by atoms with Crippen LogP contribution in [0.4, 0.5) is 0 Å². The minimum Gasteiger partial charge on any atom is -0.469 e. The summed E-state index contributed by atoms with van der Waals surface area (Å²) in [4.78, 5) is 33.2. The lowest BCUT2D eigenvalue weighted by molar-refractivity contribution is -0.174. The summed E-state index contributed by atoms with van der Waals surface area (Å²) in [5.74, 6) is -2.77. The zero-order valence-corrected chi connectivity index (χ0v) is 9.31. The van der Waals surface area contributed by atoms with Crippen LogP contribution < -0.4 is 0 Å². The van der Waals surface area contributed by atoms with Crippen molar-refractivity contribution in [3.63, 3.8) is 0 Å². The molecule has 7 heteroatoms. The fraction of sp³-hybridized carbons (Fsp3) is 0.667. The number of hydrogen-bond donors (Lipinski definition) is 1. The predicted molar refractivity (Wildman–Crippen MR) is 50.2 cm³/mol. The molecule has 0 aliphatic rings. The van der Waals surface area contributed by atoms with Crippen LogP contribution >= 0.6 is 0 Å². The van der Waals surface area contributed by atoms with Crippen molar-refractivity contribution in [1.82, 2.24) is 0 Å². The molecule has 0 fully saturated rings. The molecule has 0 amide bonds. The number of aliphatic hydroxyl groups is 1. The molecule has 0 aromatic heterocycles. The maximum atomic E-state index is 11.2. The van der Waals surface area contributed by atoms with Crippen LogP contribution in [-0.4, -0.2) is 49.9 Å². The van der Waals surface area contributed by atoms with E-state index in [-0.39, 0.29) is 0 Å². The van der Waals surface area contributed by atoms with E-state index in [0.717, 1.165) is 21.3 Å². The maximum Gasteiger partial charge on any atom is 0.339 e. The SMILES string of the molecule is COC(=O)CC(O)(CC(=O)OC)C(=O)OC. The van der Waals surface area contributed by atoms with Crippen molar-refractivity contribution >= 4 is 17.9 Å². The van der Waals surface area contributed by atoms with Crippen LogP contribution in [0.5, 0.6) is 0 Å². The topological polar surface area (TPSA) is 99.1 Å². The Kier molecular flexibility index (Phi) is 5.44. The number of methoxy groups -OCH3 is 3. The average molecular weight is 234 g/mol. The second-order valence-electron chi connectivity index (χ2n) is 3.03. The molecule has 0 saturated heterocycles. The van der Waals surface area contributed by atoms with Gasteiger partial charge in [0, 0.05) is 0 Å². The molecule has 1 N–H and O–H groups in total. The van der Waals surface area contributed by atoms with Gasteiger partial charge in [-0.3, -0.25) is 9.59 Å². The Morgan fingerprint density at radius 2 is 1.31 bits per heavy atom. The summed E-state index contributed by atoms with van der Waals surface area (Å²) in [5, 5.41) is 9.81. The summed E-state index contributed by atoms with van der Waals surface area (Å²) in [7, 11) is 3.22. The molecule has 0 rings (SSSR count). The Balaban J connectivity index is 4.81. The summed E-state index contributed by atoms with van der Waals surface area (Å²) in [6.07, 6.45) is -1.35. The highest BCUT2D eigenvalue weighted by atomic mass is 16.6. The third-order valence-corrected chi connectivity index (χ3v) is 1.89. The molecule has 0 heterocycles. The molecule has 0 bridgehead atoms. The van der Waals surface area contributed by atoms with E-state index >= 15 is 0 Å². The second kappa shape index (κ2) is 6.06. The van der Waals surface area contributed by atoms with Crippen LogP contribution in [-0.2, 0) is 28.6 Å². The molecule has 0 aromatic carbocycles. The van der Waals surface area contributed by atoms with Crippen molar-refractivity contribution in [2.75, 3.05) is 21.3 Å². The molecule has 0 unspecified atom stereocenters. The summed E-state index contributed by atoms with van der Waals surface area (Å²) in [5.41, 5.74) is -2.26. The Hall–Kier alpha value is -1.63. The van der Waals surface area contributed by atoms with Crippen molar-refractivity contribution in [2.45, 2.75) is 18.4 Å². The van der Waals surface area contributed by atoms with E-state index in [2.05, 4.69) is 14.2 Å². The van der Waals surface area contributed by atoms with Gasteiger partial charge in [-0.2, -0.15) is 0 Å². The zero-order chi connectivity index (χ0) is 12.8. The van der Waals surface area contributed by atoms with Crippen LogP contribution in [0, 0.1) is 0 Å². The smallest absolute Gasteiger partial charge is 0.339 e. The number of hydrogen-bond acceptors (Lipinski definition) is 7. The van der Waals surface area contributed by atoms with E-state index in [1.165, 1.54) is 0 Å². The van der Waals surface area contributed by atoms with E-state index < -0.39 is 36.4 Å². The highest BCUT2D eigenvalue weighted by molar-refractivity contribution is 5.89. The molecule has 0 atom stereocenters. The van der Waals surface area contributed by atoms with Gasteiger partial charge in [-0.05, 0) is 0 Å². The molecule has 0 radical (unpaired) electrons. The first-order valence-corrected chi connectivity index (χ1v) is 4.34. The van der Waals surface area contributed by atoms with Gasteiger partial charge in [0.15, 0.2) is 5.60 Å². The van der Waals surface area contributed by atoms with Crippen molar-refractivity contribution in [2.24, 2.45) is 0 Å². The van der Waals surface area contributed by atoms with E-state index in [4.69, 9.17) is 0 Å². The molecular weight excluding hydrogens is 220 g/mol. The maximum absolute atomic E-state index is 11.2. The summed E-state index contributed by atoms with van der Waals surface area (Å²) in [6.45, 7) is 0. The van der Waals surface area contributed by atoms with Crippen molar-refractivity contribution in [3.05, 3.63) is 0 Å². The summed E-state index contributed by atoms with van der Waals surface area (Å²) in [6, 6.07) is 0. The standard InChI is InChI=1S/C9H14O7/c1-14-6(10)4-9(13,8(12)16-3)5-7(11)15-2/h13H,4-5H2,1-3H3. The van der Waals surface area contributed by atoms with E-state index in [1.54, 1.807) is 0 Å².